The van der Waals surface area contributed by atoms with Crippen molar-refractivity contribution in [3.05, 3.63) is 35.3 Å². The molecule has 3 nitrogen and oxygen atoms in total. The zero-order valence-electron chi connectivity index (χ0n) is 9.95. The van der Waals surface area contributed by atoms with Gasteiger partial charge in [-0.15, -0.1) is 0 Å². The minimum Gasteiger partial charge on any atom is -0.316 e. The van der Waals surface area contributed by atoms with Crippen molar-refractivity contribution >= 4 is 5.65 Å². The van der Waals surface area contributed by atoms with Crippen LogP contribution in [0.15, 0.2) is 18.3 Å². The highest BCUT2D eigenvalue weighted by molar-refractivity contribution is 5.54. The average molecular weight is 227 g/mol. The summed E-state index contributed by atoms with van der Waals surface area (Å²) in [6, 6.07) is 4.44. The van der Waals surface area contributed by atoms with E-state index in [0.29, 0.717) is 0 Å². The van der Waals surface area contributed by atoms with Crippen LogP contribution in [0.1, 0.15) is 35.7 Å². The first-order valence-electron chi connectivity index (χ1n) is 6.63. The van der Waals surface area contributed by atoms with Gasteiger partial charge in [-0.25, -0.2) is 4.98 Å². The van der Waals surface area contributed by atoms with Gasteiger partial charge in [-0.1, -0.05) is 6.07 Å². The summed E-state index contributed by atoms with van der Waals surface area (Å²) in [6.45, 7) is 2.14. The number of hydrogen-bond acceptors (Lipinski definition) is 2. The van der Waals surface area contributed by atoms with E-state index in [2.05, 4.69) is 28.0 Å². The molecule has 0 bridgehead atoms. The lowest BCUT2D eigenvalue weighted by atomic mass is 10.2. The van der Waals surface area contributed by atoms with E-state index in [0.717, 1.165) is 31.8 Å². The predicted molar refractivity (Wildman–Crippen MR) is 67.4 cm³/mol. The lowest BCUT2D eigenvalue weighted by molar-refractivity contribution is 0.702. The van der Waals surface area contributed by atoms with Crippen molar-refractivity contribution in [3.8, 4) is 0 Å². The number of hydrogen-bond donors (Lipinski definition) is 1. The SMILES string of the molecule is c1cc(C2CC2)c2nc3c(n2c1)CCNCC3. The van der Waals surface area contributed by atoms with Gasteiger partial charge in [-0.3, -0.25) is 0 Å². The summed E-state index contributed by atoms with van der Waals surface area (Å²) in [6.07, 6.45) is 7.04. The van der Waals surface area contributed by atoms with Crippen molar-refractivity contribution in [1.29, 1.82) is 0 Å². The molecule has 3 heteroatoms. The quantitative estimate of drug-likeness (QED) is 0.806. The lowest BCUT2D eigenvalue weighted by Crippen LogP contribution is -2.16. The molecule has 2 aliphatic rings. The van der Waals surface area contributed by atoms with E-state index in [1.807, 2.05) is 0 Å². The Labute approximate surface area is 101 Å². The monoisotopic (exact) mass is 227 g/mol. The van der Waals surface area contributed by atoms with E-state index >= 15 is 0 Å². The van der Waals surface area contributed by atoms with Gasteiger partial charge in [0.1, 0.15) is 5.65 Å². The van der Waals surface area contributed by atoms with Crippen LogP contribution in [0, 0.1) is 0 Å². The number of nitrogens with zero attached hydrogens (tertiary/aromatic N) is 2. The molecule has 2 aromatic rings. The summed E-state index contributed by atoms with van der Waals surface area (Å²) >= 11 is 0. The summed E-state index contributed by atoms with van der Waals surface area (Å²) in [4.78, 5) is 4.90. The van der Waals surface area contributed by atoms with Crippen LogP contribution in [-0.4, -0.2) is 22.5 Å². The molecule has 88 valence electrons. The highest BCUT2D eigenvalue weighted by Crippen LogP contribution is 2.41. The molecule has 4 rings (SSSR count). The number of rotatable bonds is 1. The Bertz CT molecular complexity index is 566. The zero-order chi connectivity index (χ0) is 11.2. The van der Waals surface area contributed by atoms with Gasteiger partial charge >= 0.3 is 0 Å². The second-order valence-corrected chi connectivity index (χ2v) is 5.19. The molecule has 0 radical (unpaired) electrons. The van der Waals surface area contributed by atoms with Crippen molar-refractivity contribution in [1.82, 2.24) is 14.7 Å². The minimum absolute atomic E-state index is 0.780. The van der Waals surface area contributed by atoms with Gasteiger partial charge in [-0.2, -0.15) is 0 Å². The molecule has 1 aliphatic carbocycles. The molecule has 3 heterocycles. The highest BCUT2D eigenvalue weighted by Gasteiger charge is 2.27. The topological polar surface area (TPSA) is 29.3 Å². The number of aromatic nitrogens is 2. The number of nitrogens with one attached hydrogen (secondary N) is 1. The first kappa shape index (κ1) is 9.66. The van der Waals surface area contributed by atoms with Gasteiger partial charge in [0, 0.05) is 37.8 Å². The minimum atomic E-state index is 0.780. The molecule has 0 spiro atoms. The van der Waals surface area contributed by atoms with Crippen LogP contribution in [0.5, 0.6) is 0 Å². The Morgan fingerprint density at radius 3 is 3.00 bits per heavy atom. The largest absolute Gasteiger partial charge is 0.316 e. The third-order valence-electron chi connectivity index (χ3n) is 3.96. The van der Waals surface area contributed by atoms with Crippen molar-refractivity contribution < 1.29 is 0 Å². The summed E-state index contributed by atoms with van der Waals surface area (Å²) in [5, 5.41) is 3.44. The van der Waals surface area contributed by atoms with Gasteiger partial charge in [0.05, 0.1) is 5.69 Å². The third-order valence-corrected chi connectivity index (χ3v) is 3.96. The molecule has 1 fully saturated rings. The van der Waals surface area contributed by atoms with E-state index in [4.69, 9.17) is 4.98 Å². The zero-order valence-corrected chi connectivity index (χ0v) is 9.95. The van der Waals surface area contributed by atoms with E-state index in [1.165, 1.54) is 35.4 Å². The predicted octanol–water partition coefficient (Wildman–Crippen LogP) is 1.90. The Kier molecular flexibility index (Phi) is 2.03. The Hall–Kier alpha value is -1.35. The number of pyridine rings is 1. The standard InChI is InChI=1S/C14H17N3/c1-2-11(10-3-4-10)14-16-12-5-7-15-8-6-13(12)17(14)9-1/h1-2,9-10,15H,3-8H2. The fraction of sp³-hybridized carbons (Fsp3) is 0.500. The van der Waals surface area contributed by atoms with Crippen LogP contribution < -0.4 is 5.32 Å². The van der Waals surface area contributed by atoms with Crippen molar-refractivity contribution in [2.75, 3.05) is 13.1 Å². The molecule has 1 N–H and O–H groups in total. The van der Waals surface area contributed by atoms with Crippen molar-refractivity contribution in [2.45, 2.75) is 31.6 Å². The molecule has 0 amide bonds. The normalized spacial score (nSPS) is 20.2. The maximum Gasteiger partial charge on any atom is 0.140 e. The molecule has 0 saturated heterocycles. The van der Waals surface area contributed by atoms with E-state index in [-0.39, 0.29) is 0 Å². The van der Waals surface area contributed by atoms with Gasteiger partial charge in [0.15, 0.2) is 0 Å². The van der Waals surface area contributed by atoms with Crippen LogP contribution in [0.4, 0.5) is 0 Å². The average Bonchev–Trinajstić information content (AvgIpc) is 3.15. The smallest absolute Gasteiger partial charge is 0.140 e. The van der Waals surface area contributed by atoms with Gasteiger partial charge < -0.3 is 9.72 Å². The molecule has 2 aromatic heterocycles. The molecule has 1 aliphatic heterocycles. The fourth-order valence-electron chi connectivity index (χ4n) is 2.90. The van der Waals surface area contributed by atoms with E-state index < -0.39 is 0 Å². The van der Waals surface area contributed by atoms with Gasteiger partial charge in [0.25, 0.3) is 0 Å². The van der Waals surface area contributed by atoms with Crippen LogP contribution in [-0.2, 0) is 12.8 Å². The second-order valence-electron chi connectivity index (χ2n) is 5.19. The summed E-state index contributed by atoms with van der Waals surface area (Å²) < 4.78 is 2.33. The second kappa shape index (κ2) is 3.57. The highest BCUT2D eigenvalue weighted by atomic mass is 15.0. The Morgan fingerprint density at radius 2 is 2.12 bits per heavy atom. The van der Waals surface area contributed by atoms with Crippen molar-refractivity contribution in [3.63, 3.8) is 0 Å². The Balaban J connectivity index is 1.95. The van der Waals surface area contributed by atoms with Crippen LogP contribution in [0.2, 0.25) is 0 Å². The first-order valence-corrected chi connectivity index (χ1v) is 6.63. The molecule has 0 atom stereocenters. The maximum absolute atomic E-state index is 4.90. The molecule has 0 aromatic carbocycles. The number of imidazole rings is 1. The molecular formula is C14H17N3. The summed E-state index contributed by atoms with van der Waals surface area (Å²) in [5.74, 6) is 0.780. The number of fused-ring (bicyclic) bond motifs is 3. The fourth-order valence-corrected chi connectivity index (χ4v) is 2.90. The first-order chi connectivity index (χ1) is 8.43. The molecular weight excluding hydrogens is 210 g/mol. The molecule has 17 heavy (non-hydrogen) atoms. The molecule has 0 unspecified atom stereocenters. The summed E-state index contributed by atoms with van der Waals surface area (Å²) in [7, 11) is 0. The van der Waals surface area contributed by atoms with Crippen LogP contribution in [0.25, 0.3) is 5.65 Å². The Morgan fingerprint density at radius 1 is 1.24 bits per heavy atom. The molecule has 1 saturated carbocycles. The lowest BCUT2D eigenvalue weighted by Gasteiger charge is -2.04. The maximum atomic E-state index is 4.90. The third kappa shape index (κ3) is 1.49. The van der Waals surface area contributed by atoms with E-state index in [9.17, 15) is 0 Å². The summed E-state index contributed by atoms with van der Waals surface area (Å²) in [5.41, 5.74) is 5.42. The van der Waals surface area contributed by atoms with E-state index in [1.54, 1.807) is 0 Å². The van der Waals surface area contributed by atoms with Crippen LogP contribution >= 0.6 is 0 Å². The van der Waals surface area contributed by atoms with Gasteiger partial charge in [-0.05, 0) is 30.4 Å². The van der Waals surface area contributed by atoms with Gasteiger partial charge in [0.2, 0.25) is 0 Å². The van der Waals surface area contributed by atoms with Crippen molar-refractivity contribution in [2.24, 2.45) is 0 Å². The van der Waals surface area contributed by atoms with Crippen LogP contribution in [0.3, 0.4) is 0 Å².